The third-order valence-corrected chi connectivity index (χ3v) is 4.07. The summed E-state index contributed by atoms with van der Waals surface area (Å²) in [5.74, 6) is -2.51. The van der Waals surface area contributed by atoms with E-state index in [0.29, 0.717) is 5.69 Å². The zero-order valence-electron chi connectivity index (χ0n) is 16.7. The van der Waals surface area contributed by atoms with E-state index in [9.17, 15) is 23.2 Å². The summed E-state index contributed by atoms with van der Waals surface area (Å²) in [5.41, 5.74) is 2.25. The maximum atomic E-state index is 12.4. The number of amides is 2. The van der Waals surface area contributed by atoms with E-state index in [0.717, 1.165) is 11.1 Å². The number of benzene rings is 2. The molecule has 30 heavy (non-hydrogen) atoms. The highest BCUT2D eigenvalue weighted by Gasteiger charge is 2.20. The maximum absolute atomic E-state index is 12.4. The van der Waals surface area contributed by atoms with Gasteiger partial charge in [0.05, 0.1) is 5.56 Å². The number of halogens is 2. The molecule has 0 radical (unpaired) electrons. The average Bonchev–Trinajstić information content (AvgIpc) is 2.68. The van der Waals surface area contributed by atoms with Crippen molar-refractivity contribution in [3.63, 3.8) is 0 Å². The molecule has 0 aliphatic heterocycles. The number of ether oxygens (including phenoxy) is 2. The molecule has 0 spiro atoms. The van der Waals surface area contributed by atoms with Gasteiger partial charge in [-0.1, -0.05) is 24.3 Å². The molecule has 160 valence electrons. The highest BCUT2D eigenvalue weighted by Crippen LogP contribution is 2.20. The number of carbonyl (C=O) groups is 3. The van der Waals surface area contributed by atoms with Crippen molar-refractivity contribution in [1.29, 1.82) is 0 Å². The number of hydrogen-bond acceptors (Lipinski definition) is 5. The molecule has 2 aromatic rings. The molecule has 1 atom stereocenters. The first kappa shape index (κ1) is 22.8. The molecular weight excluding hydrogens is 398 g/mol. The molecular formula is C21H22F2N2O5. The lowest BCUT2D eigenvalue weighted by atomic mass is 10.1. The number of esters is 1. The van der Waals surface area contributed by atoms with Gasteiger partial charge in [-0.3, -0.25) is 14.4 Å². The molecule has 0 aliphatic carbocycles. The van der Waals surface area contributed by atoms with Gasteiger partial charge in [0, 0.05) is 5.69 Å². The standard InChI is InChI=1S/C21H22F2N2O5/c1-12-8-9-13(2)16(10-12)25-19(27)14(3)29-18(26)11-24-20(28)15-6-4-5-7-17(15)30-21(22)23/h4-10,14,21H,11H2,1-3H3,(H,24,28)(H,25,27)/t14-/m1/s1. The summed E-state index contributed by atoms with van der Waals surface area (Å²) in [5, 5.41) is 4.93. The van der Waals surface area contributed by atoms with Crippen LogP contribution in [0, 0.1) is 13.8 Å². The van der Waals surface area contributed by atoms with Gasteiger partial charge in [0.15, 0.2) is 6.10 Å². The number of anilines is 1. The lowest BCUT2D eigenvalue weighted by Gasteiger charge is -2.15. The van der Waals surface area contributed by atoms with E-state index in [1.165, 1.54) is 31.2 Å². The number of carbonyl (C=O) groups excluding carboxylic acids is 3. The van der Waals surface area contributed by atoms with Crippen LogP contribution in [0.25, 0.3) is 0 Å². The van der Waals surface area contributed by atoms with Crippen molar-refractivity contribution in [2.45, 2.75) is 33.5 Å². The SMILES string of the molecule is Cc1ccc(C)c(NC(=O)[C@@H](C)OC(=O)CNC(=O)c2ccccc2OC(F)F)c1. The molecule has 2 N–H and O–H groups in total. The molecule has 0 fully saturated rings. The molecule has 0 aliphatic rings. The van der Waals surface area contributed by atoms with Crippen molar-refractivity contribution in [2.24, 2.45) is 0 Å². The van der Waals surface area contributed by atoms with Gasteiger partial charge >= 0.3 is 12.6 Å². The van der Waals surface area contributed by atoms with E-state index in [-0.39, 0.29) is 11.3 Å². The minimum absolute atomic E-state index is 0.161. The summed E-state index contributed by atoms with van der Waals surface area (Å²) in [6, 6.07) is 10.9. The van der Waals surface area contributed by atoms with Crippen LogP contribution < -0.4 is 15.4 Å². The molecule has 2 aromatic carbocycles. The Morgan fingerprint density at radius 3 is 2.47 bits per heavy atom. The number of para-hydroxylation sites is 1. The van der Waals surface area contributed by atoms with Gasteiger partial charge in [-0.2, -0.15) is 8.78 Å². The molecule has 0 saturated carbocycles. The third kappa shape index (κ3) is 6.54. The first-order valence-corrected chi connectivity index (χ1v) is 9.07. The Kier molecular flexibility index (Phi) is 7.85. The molecule has 0 unspecified atom stereocenters. The minimum atomic E-state index is -3.10. The second kappa shape index (κ2) is 10.3. The van der Waals surface area contributed by atoms with Gasteiger partial charge in [-0.15, -0.1) is 0 Å². The van der Waals surface area contributed by atoms with Crippen LogP contribution in [0.5, 0.6) is 5.75 Å². The van der Waals surface area contributed by atoms with Crippen LogP contribution in [0.1, 0.15) is 28.4 Å². The second-order valence-electron chi connectivity index (χ2n) is 6.50. The first-order valence-electron chi connectivity index (χ1n) is 9.07. The predicted molar refractivity (Wildman–Crippen MR) is 106 cm³/mol. The molecule has 0 heterocycles. The number of aryl methyl sites for hydroxylation is 2. The van der Waals surface area contributed by atoms with Gasteiger partial charge in [0.1, 0.15) is 12.3 Å². The molecule has 7 nitrogen and oxygen atoms in total. The number of alkyl halides is 2. The Labute approximate surface area is 172 Å². The fourth-order valence-electron chi connectivity index (χ4n) is 2.50. The van der Waals surface area contributed by atoms with Gasteiger partial charge in [-0.05, 0) is 50.1 Å². The first-order chi connectivity index (χ1) is 14.2. The number of nitrogens with one attached hydrogen (secondary N) is 2. The van der Waals surface area contributed by atoms with E-state index in [1.54, 1.807) is 6.07 Å². The summed E-state index contributed by atoms with van der Waals surface area (Å²) in [6.07, 6.45) is -1.11. The maximum Gasteiger partial charge on any atom is 0.387 e. The van der Waals surface area contributed by atoms with Crippen molar-refractivity contribution in [2.75, 3.05) is 11.9 Å². The topological polar surface area (TPSA) is 93.7 Å². The van der Waals surface area contributed by atoms with E-state index in [1.807, 2.05) is 26.0 Å². The molecule has 2 amide bonds. The summed E-state index contributed by atoms with van der Waals surface area (Å²) in [6.45, 7) is 1.46. The molecule has 0 saturated heterocycles. The predicted octanol–water partition coefficient (Wildman–Crippen LogP) is 3.21. The Morgan fingerprint density at radius 2 is 1.77 bits per heavy atom. The van der Waals surface area contributed by atoms with Crippen LogP contribution in [0.15, 0.2) is 42.5 Å². The zero-order valence-corrected chi connectivity index (χ0v) is 16.7. The van der Waals surface area contributed by atoms with Crippen LogP contribution in [0.4, 0.5) is 14.5 Å². The van der Waals surface area contributed by atoms with E-state index >= 15 is 0 Å². The largest absolute Gasteiger partial charge is 0.451 e. The Morgan fingerprint density at radius 1 is 1.07 bits per heavy atom. The monoisotopic (exact) mass is 420 g/mol. The lowest BCUT2D eigenvalue weighted by Crippen LogP contribution is -2.36. The smallest absolute Gasteiger partial charge is 0.387 e. The van der Waals surface area contributed by atoms with Gasteiger partial charge in [0.25, 0.3) is 11.8 Å². The van der Waals surface area contributed by atoms with Crippen LogP contribution in [-0.4, -0.2) is 37.0 Å². The van der Waals surface area contributed by atoms with Gasteiger partial charge < -0.3 is 20.1 Å². The average molecular weight is 420 g/mol. The van der Waals surface area contributed by atoms with Crippen molar-refractivity contribution >= 4 is 23.5 Å². The normalized spacial score (nSPS) is 11.5. The van der Waals surface area contributed by atoms with Gasteiger partial charge in [0.2, 0.25) is 0 Å². The second-order valence-corrected chi connectivity index (χ2v) is 6.50. The van der Waals surface area contributed by atoms with Crippen molar-refractivity contribution < 1.29 is 32.6 Å². The summed E-state index contributed by atoms with van der Waals surface area (Å²) in [7, 11) is 0. The fraction of sp³-hybridized carbons (Fsp3) is 0.286. The third-order valence-electron chi connectivity index (χ3n) is 4.07. The molecule has 2 rings (SSSR count). The van der Waals surface area contributed by atoms with Crippen LogP contribution in [-0.2, 0) is 14.3 Å². The molecule has 0 aromatic heterocycles. The van der Waals surface area contributed by atoms with E-state index in [4.69, 9.17) is 4.74 Å². The molecule has 9 heteroatoms. The molecule has 0 bridgehead atoms. The van der Waals surface area contributed by atoms with E-state index in [2.05, 4.69) is 15.4 Å². The quantitative estimate of drug-likeness (QED) is 0.640. The van der Waals surface area contributed by atoms with Crippen LogP contribution >= 0.6 is 0 Å². The Hall–Kier alpha value is -3.49. The van der Waals surface area contributed by atoms with Crippen LogP contribution in [0.3, 0.4) is 0 Å². The fourth-order valence-corrected chi connectivity index (χ4v) is 2.50. The number of hydrogen-bond donors (Lipinski definition) is 2. The number of rotatable bonds is 8. The van der Waals surface area contributed by atoms with Crippen molar-refractivity contribution in [1.82, 2.24) is 5.32 Å². The van der Waals surface area contributed by atoms with Gasteiger partial charge in [-0.25, -0.2) is 0 Å². The summed E-state index contributed by atoms with van der Waals surface area (Å²) in [4.78, 5) is 36.4. The lowest BCUT2D eigenvalue weighted by molar-refractivity contribution is -0.152. The van der Waals surface area contributed by atoms with Crippen molar-refractivity contribution in [3.8, 4) is 5.75 Å². The summed E-state index contributed by atoms with van der Waals surface area (Å²) < 4.78 is 34.2. The highest BCUT2D eigenvalue weighted by molar-refractivity contribution is 5.99. The van der Waals surface area contributed by atoms with Crippen LogP contribution in [0.2, 0.25) is 0 Å². The summed E-state index contributed by atoms with van der Waals surface area (Å²) >= 11 is 0. The highest BCUT2D eigenvalue weighted by atomic mass is 19.3. The zero-order chi connectivity index (χ0) is 22.3. The minimum Gasteiger partial charge on any atom is -0.451 e. The van der Waals surface area contributed by atoms with Crippen molar-refractivity contribution in [3.05, 3.63) is 59.2 Å². The Bertz CT molecular complexity index is 933. The van der Waals surface area contributed by atoms with E-state index < -0.39 is 37.0 Å². The Balaban J connectivity index is 1.89.